The van der Waals surface area contributed by atoms with E-state index in [2.05, 4.69) is 53.8 Å². The van der Waals surface area contributed by atoms with Crippen LogP contribution in [-0.2, 0) is 0 Å². The summed E-state index contributed by atoms with van der Waals surface area (Å²) in [5, 5.41) is 16.1. The summed E-state index contributed by atoms with van der Waals surface area (Å²) in [6, 6.07) is 10.1. The molecule has 5 heteroatoms. The molecule has 0 saturated carbocycles. The van der Waals surface area contributed by atoms with E-state index in [1.54, 1.807) is 0 Å². The summed E-state index contributed by atoms with van der Waals surface area (Å²) in [7, 11) is 1.87. The van der Waals surface area contributed by atoms with Gasteiger partial charge in [0.2, 0.25) is 0 Å². The van der Waals surface area contributed by atoms with Crippen molar-refractivity contribution in [3.8, 4) is 5.75 Å². The Morgan fingerprint density at radius 1 is 1.23 bits per heavy atom. The third kappa shape index (κ3) is 7.65. The summed E-state index contributed by atoms with van der Waals surface area (Å²) in [6.45, 7) is 7.90. The van der Waals surface area contributed by atoms with Gasteiger partial charge in [-0.3, -0.25) is 0 Å². The fraction of sp³-hybridized carbons (Fsp3) is 0.400. The van der Waals surface area contributed by atoms with Crippen molar-refractivity contribution in [2.24, 2.45) is 0 Å². The van der Waals surface area contributed by atoms with Crippen LogP contribution in [0.25, 0.3) is 11.6 Å². The Kier molecular flexibility index (Phi) is 10.1. The lowest BCUT2D eigenvalue weighted by molar-refractivity contribution is 0.107. The number of nitrogens with zero attached hydrogens (tertiary/aromatic N) is 1. The van der Waals surface area contributed by atoms with E-state index in [0.29, 0.717) is 6.54 Å². The van der Waals surface area contributed by atoms with Crippen LogP contribution in [0.2, 0.25) is 0 Å². The average Bonchev–Trinajstić information content (AvgIpc) is 2.78. The monoisotopic (exact) mass is 409 g/mol. The molecule has 1 aromatic heterocycles. The third-order valence-electron chi connectivity index (χ3n) is 4.77. The molecule has 0 radical (unpaired) electrons. The van der Waals surface area contributed by atoms with Gasteiger partial charge in [0.1, 0.15) is 24.3 Å². The number of hydrogen-bond donors (Lipinski definition) is 3. The first-order valence-electron chi connectivity index (χ1n) is 10.7. The molecule has 0 spiro atoms. The second kappa shape index (κ2) is 12.8. The van der Waals surface area contributed by atoms with Crippen molar-refractivity contribution < 1.29 is 9.84 Å². The number of aliphatic hydroxyl groups excluding tert-OH is 1. The number of ether oxygens (including phenoxy) is 1. The number of aliphatic hydroxyl groups is 1. The first kappa shape index (κ1) is 23.6. The number of anilines is 1. The maximum absolute atomic E-state index is 9.97. The molecule has 2 aromatic rings. The Morgan fingerprint density at radius 3 is 2.73 bits per heavy atom. The van der Waals surface area contributed by atoms with Crippen LogP contribution in [-0.4, -0.2) is 42.9 Å². The predicted molar refractivity (Wildman–Crippen MR) is 127 cm³/mol. The Labute approximate surface area is 180 Å². The summed E-state index contributed by atoms with van der Waals surface area (Å²) in [5.41, 5.74) is 4.51. The largest absolute Gasteiger partial charge is 0.491 e. The number of pyridine rings is 1. The van der Waals surface area contributed by atoms with Gasteiger partial charge >= 0.3 is 0 Å². The van der Waals surface area contributed by atoms with E-state index in [1.165, 1.54) is 5.56 Å². The van der Waals surface area contributed by atoms with Gasteiger partial charge in [0.15, 0.2) is 0 Å². The van der Waals surface area contributed by atoms with Crippen LogP contribution in [0.5, 0.6) is 5.75 Å². The van der Waals surface area contributed by atoms with E-state index >= 15 is 0 Å². The Hall–Kier alpha value is -2.63. The number of aromatic nitrogens is 1. The van der Waals surface area contributed by atoms with Crippen molar-refractivity contribution in [1.82, 2.24) is 10.3 Å². The van der Waals surface area contributed by atoms with Crippen molar-refractivity contribution in [2.75, 3.05) is 32.1 Å². The molecule has 30 heavy (non-hydrogen) atoms. The van der Waals surface area contributed by atoms with Crippen LogP contribution in [0.3, 0.4) is 0 Å². The molecular formula is C25H35N3O2. The molecule has 5 nitrogen and oxygen atoms in total. The third-order valence-corrected chi connectivity index (χ3v) is 4.77. The van der Waals surface area contributed by atoms with Gasteiger partial charge in [-0.1, -0.05) is 44.6 Å². The van der Waals surface area contributed by atoms with E-state index in [4.69, 9.17) is 4.74 Å². The average molecular weight is 410 g/mol. The van der Waals surface area contributed by atoms with Crippen LogP contribution in [0, 0.1) is 6.92 Å². The predicted octanol–water partition coefficient (Wildman–Crippen LogP) is 4.68. The first-order valence-corrected chi connectivity index (χ1v) is 10.7. The summed E-state index contributed by atoms with van der Waals surface area (Å²) in [4.78, 5) is 4.44. The van der Waals surface area contributed by atoms with Crippen LogP contribution >= 0.6 is 0 Å². The lowest BCUT2D eigenvalue weighted by atomic mass is 10.0. The zero-order valence-electron chi connectivity index (χ0n) is 18.6. The number of likely N-dealkylation sites (N-methyl/N-ethyl adjacent to an activating group) is 1. The van der Waals surface area contributed by atoms with Gasteiger partial charge in [-0.2, -0.15) is 0 Å². The Morgan fingerprint density at radius 2 is 2.07 bits per heavy atom. The van der Waals surface area contributed by atoms with E-state index in [-0.39, 0.29) is 6.61 Å². The maximum atomic E-state index is 9.97. The molecule has 3 N–H and O–H groups in total. The minimum absolute atomic E-state index is 0.268. The fourth-order valence-electron chi connectivity index (χ4n) is 2.92. The summed E-state index contributed by atoms with van der Waals surface area (Å²) in [5.74, 6) is 1.62. The second-order valence-corrected chi connectivity index (χ2v) is 7.25. The van der Waals surface area contributed by atoms with Gasteiger partial charge in [-0.25, -0.2) is 4.98 Å². The second-order valence-electron chi connectivity index (χ2n) is 7.25. The van der Waals surface area contributed by atoms with Crippen molar-refractivity contribution in [1.29, 1.82) is 0 Å². The molecule has 0 aliphatic carbocycles. The van der Waals surface area contributed by atoms with Gasteiger partial charge in [0.05, 0.1) is 0 Å². The van der Waals surface area contributed by atoms with Gasteiger partial charge in [0, 0.05) is 19.8 Å². The van der Waals surface area contributed by atoms with Gasteiger partial charge in [-0.15, -0.1) is 0 Å². The van der Waals surface area contributed by atoms with Crippen LogP contribution in [0.4, 0.5) is 5.82 Å². The highest BCUT2D eigenvalue weighted by Crippen LogP contribution is 2.23. The van der Waals surface area contributed by atoms with E-state index in [1.807, 2.05) is 44.4 Å². The van der Waals surface area contributed by atoms with Gasteiger partial charge in [-0.05, 0) is 66.4 Å². The number of benzene rings is 1. The lowest BCUT2D eigenvalue weighted by Crippen LogP contribution is -2.31. The summed E-state index contributed by atoms with van der Waals surface area (Å²) in [6.07, 6.45) is 9.98. The molecule has 0 fully saturated rings. The van der Waals surface area contributed by atoms with Crippen LogP contribution in [0.1, 0.15) is 43.4 Å². The highest BCUT2D eigenvalue weighted by atomic mass is 16.5. The zero-order chi connectivity index (χ0) is 21.8. The molecule has 162 valence electrons. The molecule has 0 aliphatic heterocycles. The fourth-order valence-corrected chi connectivity index (χ4v) is 2.92. The van der Waals surface area contributed by atoms with E-state index in [9.17, 15) is 5.11 Å². The summed E-state index contributed by atoms with van der Waals surface area (Å²) >= 11 is 0. The highest BCUT2D eigenvalue weighted by molar-refractivity contribution is 5.79. The van der Waals surface area contributed by atoms with Crippen molar-refractivity contribution in [3.63, 3.8) is 0 Å². The lowest BCUT2D eigenvalue weighted by Gasteiger charge is -2.13. The smallest absolute Gasteiger partial charge is 0.125 e. The quantitative estimate of drug-likeness (QED) is 0.444. The number of rotatable bonds is 12. The molecule has 1 heterocycles. The molecule has 0 aliphatic rings. The minimum Gasteiger partial charge on any atom is -0.491 e. The van der Waals surface area contributed by atoms with Crippen LogP contribution < -0.4 is 15.4 Å². The van der Waals surface area contributed by atoms with Crippen molar-refractivity contribution in [2.45, 2.75) is 39.7 Å². The highest BCUT2D eigenvalue weighted by Gasteiger charge is 2.06. The molecule has 1 unspecified atom stereocenters. The molecule has 1 aromatic carbocycles. The maximum Gasteiger partial charge on any atom is 0.125 e. The van der Waals surface area contributed by atoms with E-state index < -0.39 is 6.10 Å². The number of allylic oxidation sites excluding steroid dienone is 3. The number of nitrogens with one attached hydrogen (secondary N) is 2. The Balaban J connectivity index is 2.15. The van der Waals surface area contributed by atoms with E-state index in [0.717, 1.165) is 47.7 Å². The Bertz CT molecular complexity index is 829. The van der Waals surface area contributed by atoms with Crippen molar-refractivity contribution >= 4 is 17.5 Å². The summed E-state index contributed by atoms with van der Waals surface area (Å²) < 4.78 is 5.79. The first-order chi connectivity index (χ1) is 14.6. The van der Waals surface area contributed by atoms with Crippen molar-refractivity contribution in [3.05, 3.63) is 65.4 Å². The van der Waals surface area contributed by atoms with Crippen LogP contribution in [0.15, 0.2) is 48.7 Å². The molecular weight excluding hydrogens is 374 g/mol. The normalized spacial score (nSPS) is 12.9. The van der Waals surface area contributed by atoms with Gasteiger partial charge < -0.3 is 20.5 Å². The number of hydrogen-bond acceptors (Lipinski definition) is 5. The topological polar surface area (TPSA) is 66.4 Å². The molecule has 0 amide bonds. The molecule has 1 atom stereocenters. The minimum atomic E-state index is -0.526. The molecule has 0 bridgehead atoms. The van der Waals surface area contributed by atoms with Gasteiger partial charge in [0.25, 0.3) is 0 Å². The number of aryl methyl sites for hydroxylation is 1. The standard InChI is InChI=1S/C25H35N3O2/c1-5-7-8-20(22-12-14-25(26-4)28-16-22)10-11-21-15-24(13-9-19(21)3)30-18-23(29)17-27-6-2/h8-16,23,27,29H,5-7,17-18H2,1-4H3,(H,26,28)/b11-10-,20-8-. The molecule has 2 rings (SSSR count). The SMILES string of the molecule is CCC/C=C(/C=C\c1cc(OCC(O)CNCC)ccc1C)c1ccc(NC)nc1. The zero-order valence-corrected chi connectivity index (χ0v) is 18.6. The number of unbranched alkanes of at least 4 members (excludes halogenated alkanes) is 1. The molecule has 0 saturated heterocycles.